The third-order valence-electron chi connectivity index (χ3n) is 5.91. The average Bonchev–Trinajstić information content (AvgIpc) is 2.94. The van der Waals surface area contributed by atoms with E-state index in [-0.39, 0.29) is 6.67 Å². The first-order valence-electron chi connectivity index (χ1n) is 10.2. The number of carbonyl (C=O) groups excluding carboxylic acids is 3. The molecular weight excluding hydrogens is 366 g/mol. The summed E-state index contributed by atoms with van der Waals surface area (Å²) >= 11 is 0. The Kier molecular flexibility index (Phi) is 5.45. The van der Waals surface area contributed by atoms with Gasteiger partial charge in [0, 0.05) is 0 Å². The predicted octanol–water partition coefficient (Wildman–Crippen LogP) is 1.79. The maximum absolute atomic E-state index is 12.8. The first-order chi connectivity index (χ1) is 14.0. The Morgan fingerprint density at radius 1 is 0.897 bits per heavy atom. The summed E-state index contributed by atoms with van der Waals surface area (Å²) in [6.07, 6.45) is 3.17. The lowest BCUT2D eigenvalue weighted by molar-refractivity contribution is -0.913. The van der Waals surface area contributed by atoms with Crippen LogP contribution in [0.25, 0.3) is 0 Å². The number of hydrogen-bond acceptors (Lipinski definition) is 3. The molecule has 2 aromatic rings. The number of aryl methyl sites for hydroxylation is 1. The molecule has 2 heterocycles. The third-order valence-corrected chi connectivity index (χ3v) is 5.91. The molecule has 4 amide bonds. The number of hydrogen-bond donors (Lipinski definition) is 1. The van der Waals surface area contributed by atoms with Crippen molar-refractivity contribution in [2.75, 3.05) is 24.7 Å². The molecule has 2 aliphatic rings. The van der Waals surface area contributed by atoms with E-state index in [1.807, 2.05) is 25.1 Å². The van der Waals surface area contributed by atoms with Crippen LogP contribution in [0.4, 0.5) is 10.5 Å². The number of amides is 4. The molecule has 0 spiro atoms. The highest BCUT2D eigenvalue weighted by molar-refractivity contribution is 6.52. The number of anilines is 1. The molecule has 0 bridgehead atoms. The van der Waals surface area contributed by atoms with Crippen LogP contribution in [0, 0.1) is 12.8 Å². The van der Waals surface area contributed by atoms with Crippen molar-refractivity contribution in [2.24, 2.45) is 5.92 Å². The molecule has 0 aliphatic carbocycles. The summed E-state index contributed by atoms with van der Waals surface area (Å²) < 4.78 is 0. The zero-order valence-corrected chi connectivity index (χ0v) is 16.6. The minimum absolute atomic E-state index is 0.254. The van der Waals surface area contributed by atoms with Gasteiger partial charge in [-0.2, -0.15) is 0 Å². The lowest BCUT2D eigenvalue weighted by Gasteiger charge is -2.31. The van der Waals surface area contributed by atoms with Gasteiger partial charge in [-0.05, 0) is 49.8 Å². The first-order valence-corrected chi connectivity index (χ1v) is 10.2. The Labute approximate surface area is 170 Å². The number of piperidine rings is 1. The number of quaternary nitrogens is 1. The van der Waals surface area contributed by atoms with Gasteiger partial charge in [0.25, 0.3) is 0 Å². The Morgan fingerprint density at radius 3 is 2.21 bits per heavy atom. The van der Waals surface area contributed by atoms with Crippen molar-refractivity contribution in [3.63, 3.8) is 0 Å². The molecule has 2 saturated heterocycles. The maximum Gasteiger partial charge on any atom is 0.343 e. The second kappa shape index (κ2) is 8.17. The standard InChI is InChI=1S/C23H25N3O3/c1-17-7-9-20(10-8-17)26-22(28)21(27)25(23(26)29)16-24-13-11-19(12-14-24)15-18-5-3-2-4-6-18/h2-10,19H,11-16H2,1H3/p+1. The molecule has 4 rings (SSSR count). The fourth-order valence-electron chi connectivity index (χ4n) is 4.19. The Bertz CT molecular complexity index is 903. The molecule has 6 heteroatoms. The van der Waals surface area contributed by atoms with E-state index in [1.54, 1.807) is 12.1 Å². The highest BCUT2D eigenvalue weighted by Gasteiger charge is 2.47. The molecule has 0 atom stereocenters. The van der Waals surface area contributed by atoms with Gasteiger partial charge in [0.1, 0.15) is 0 Å². The van der Waals surface area contributed by atoms with Crippen molar-refractivity contribution >= 4 is 23.5 Å². The zero-order valence-electron chi connectivity index (χ0n) is 16.6. The minimum atomic E-state index is -0.766. The summed E-state index contributed by atoms with van der Waals surface area (Å²) in [6.45, 7) is 3.98. The lowest BCUT2D eigenvalue weighted by atomic mass is 9.90. The molecule has 2 aromatic carbocycles. The van der Waals surface area contributed by atoms with Gasteiger partial charge in [0.15, 0.2) is 6.67 Å². The molecule has 2 fully saturated rings. The molecule has 6 nitrogen and oxygen atoms in total. The fraction of sp³-hybridized carbons (Fsp3) is 0.348. The number of nitrogens with one attached hydrogen (secondary N) is 1. The smallest absolute Gasteiger partial charge is 0.317 e. The third kappa shape index (κ3) is 4.07. The Balaban J connectivity index is 1.36. The summed E-state index contributed by atoms with van der Waals surface area (Å²) in [5.74, 6) is -0.872. The van der Waals surface area contributed by atoms with Gasteiger partial charge in [0.2, 0.25) is 0 Å². The molecule has 2 aliphatic heterocycles. The van der Waals surface area contributed by atoms with Crippen molar-refractivity contribution in [2.45, 2.75) is 26.2 Å². The number of benzene rings is 2. The van der Waals surface area contributed by atoms with Crippen molar-refractivity contribution in [3.05, 3.63) is 65.7 Å². The summed E-state index contributed by atoms with van der Waals surface area (Å²) in [5.41, 5.74) is 2.82. The molecule has 0 unspecified atom stereocenters. The number of likely N-dealkylation sites (tertiary alicyclic amines) is 1. The molecule has 0 aromatic heterocycles. The van der Waals surface area contributed by atoms with Gasteiger partial charge in [0.05, 0.1) is 18.8 Å². The number of carbonyl (C=O) groups is 3. The van der Waals surface area contributed by atoms with E-state index in [2.05, 4.69) is 24.3 Å². The fourth-order valence-corrected chi connectivity index (χ4v) is 4.19. The molecule has 150 valence electrons. The summed E-state index contributed by atoms with van der Waals surface area (Å²) in [6, 6.07) is 17.0. The second-order valence-corrected chi connectivity index (χ2v) is 8.03. The topological polar surface area (TPSA) is 62.1 Å². The van der Waals surface area contributed by atoms with Crippen molar-refractivity contribution in [1.82, 2.24) is 4.90 Å². The summed E-state index contributed by atoms with van der Waals surface area (Å²) in [5, 5.41) is 0. The van der Waals surface area contributed by atoms with E-state index in [4.69, 9.17) is 0 Å². The van der Waals surface area contributed by atoms with Gasteiger partial charge in [-0.3, -0.25) is 9.59 Å². The van der Waals surface area contributed by atoms with Gasteiger partial charge in [-0.1, -0.05) is 48.0 Å². The van der Waals surface area contributed by atoms with Gasteiger partial charge >= 0.3 is 17.8 Å². The zero-order chi connectivity index (χ0) is 20.4. The molecule has 29 heavy (non-hydrogen) atoms. The van der Waals surface area contributed by atoms with E-state index in [0.717, 1.165) is 47.7 Å². The summed E-state index contributed by atoms with van der Waals surface area (Å²) in [7, 11) is 0. The summed E-state index contributed by atoms with van der Waals surface area (Å²) in [4.78, 5) is 40.9. The predicted molar refractivity (Wildman–Crippen MR) is 109 cm³/mol. The average molecular weight is 392 g/mol. The van der Waals surface area contributed by atoms with Crippen LogP contribution in [0.5, 0.6) is 0 Å². The van der Waals surface area contributed by atoms with E-state index >= 15 is 0 Å². The Morgan fingerprint density at radius 2 is 1.55 bits per heavy atom. The van der Waals surface area contributed by atoms with Crippen LogP contribution in [0.3, 0.4) is 0 Å². The normalized spacial score (nSPS) is 22.4. The molecule has 1 N–H and O–H groups in total. The maximum atomic E-state index is 12.8. The largest absolute Gasteiger partial charge is 0.343 e. The van der Waals surface area contributed by atoms with Gasteiger partial charge < -0.3 is 4.90 Å². The van der Waals surface area contributed by atoms with Crippen LogP contribution in [0.15, 0.2) is 54.6 Å². The van der Waals surface area contributed by atoms with Crippen LogP contribution >= 0.6 is 0 Å². The quantitative estimate of drug-likeness (QED) is 0.623. The first kappa shape index (κ1) is 19.3. The van der Waals surface area contributed by atoms with Crippen LogP contribution in [0.2, 0.25) is 0 Å². The number of imide groups is 2. The monoisotopic (exact) mass is 392 g/mol. The second-order valence-electron chi connectivity index (χ2n) is 8.03. The van der Waals surface area contributed by atoms with Crippen LogP contribution in [-0.4, -0.2) is 42.5 Å². The number of rotatable bonds is 5. The number of nitrogens with zero attached hydrogens (tertiary/aromatic N) is 2. The highest BCUT2D eigenvalue weighted by atomic mass is 16.2. The van der Waals surface area contributed by atoms with Crippen molar-refractivity contribution < 1.29 is 19.3 Å². The van der Waals surface area contributed by atoms with Crippen LogP contribution < -0.4 is 9.80 Å². The van der Waals surface area contributed by atoms with E-state index in [1.165, 1.54) is 10.5 Å². The minimum Gasteiger partial charge on any atom is -0.317 e. The van der Waals surface area contributed by atoms with Gasteiger partial charge in [-0.15, -0.1) is 0 Å². The molecule has 0 radical (unpaired) electrons. The number of urea groups is 1. The van der Waals surface area contributed by atoms with Crippen LogP contribution in [-0.2, 0) is 16.0 Å². The van der Waals surface area contributed by atoms with E-state index in [9.17, 15) is 14.4 Å². The van der Waals surface area contributed by atoms with E-state index in [0.29, 0.717) is 11.6 Å². The molecule has 0 saturated carbocycles. The lowest BCUT2D eigenvalue weighted by Crippen LogP contribution is -3.14. The van der Waals surface area contributed by atoms with Crippen molar-refractivity contribution in [3.8, 4) is 0 Å². The van der Waals surface area contributed by atoms with E-state index < -0.39 is 17.8 Å². The van der Waals surface area contributed by atoms with Crippen LogP contribution in [0.1, 0.15) is 24.0 Å². The Hall–Kier alpha value is -2.99. The van der Waals surface area contributed by atoms with Gasteiger partial charge in [-0.25, -0.2) is 14.6 Å². The highest BCUT2D eigenvalue weighted by Crippen LogP contribution is 2.22. The molecular formula is C23H26N3O3+. The van der Waals surface area contributed by atoms with Crippen molar-refractivity contribution in [1.29, 1.82) is 0 Å². The SMILES string of the molecule is Cc1ccc(N2C(=O)C(=O)N(C[NH+]3CCC(Cc4ccccc4)CC3)C2=O)cc1.